The monoisotopic (exact) mass is 285 g/mol. The third kappa shape index (κ3) is 4.92. The van der Waals surface area contributed by atoms with Crippen LogP contribution in [0.1, 0.15) is 32.3 Å². The SMILES string of the molecule is COc1ccc(CNCCCC(C)C)c(Cl)c1OC. The van der Waals surface area contributed by atoms with Crippen LogP contribution in [0, 0.1) is 5.92 Å². The Bertz CT molecular complexity index is 394. The van der Waals surface area contributed by atoms with Gasteiger partial charge in [0.25, 0.3) is 0 Å². The molecule has 0 heterocycles. The van der Waals surface area contributed by atoms with Crippen molar-refractivity contribution in [1.82, 2.24) is 5.32 Å². The lowest BCUT2D eigenvalue weighted by Gasteiger charge is -2.13. The summed E-state index contributed by atoms with van der Waals surface area (Å²) < 4.78 is 10.5. The first-order valence-corrected chi connectivity index (χ1v) is 7.08. The van der Waals surface area contributed by atoms with Crippen LogP contribution in [0.15, 0.2) is 12.1 Å². The molecule has 0 aliphatic rings. The van der Waals surface area contributed by atoms with Crippen molar-refractivity contribution in [2.24, 2.45) is 5.92 Å². The average molecular weight is 286 g/mol. The van der Waals surface area contributed by atoms with Crippen LogP contribution in [0.2, 0.25) is 5.02 Å². The molecule has 1 aromatic carbocycles. The van der Waals surface area contributed by atoms with Crippen LogP contribution >= 0.6 is 11.6 Å². The molecule has 0 spiro atoms. The quantitative estimate of drug-likeness (QED) is 0.735. The van der Waals surface area contributed by atoms with Gasteiger partial charge in [-0.3, -0.25) is 0 Å². The molecule has 0 aliphatic carbocycles. The van der Waals surface area contributed by atoms with Crippen LogP contribution in [-0.2, 0) is 6.54 Å². The number of halogens is 1. The summed E-state index contributed by atoms with van der Waals surface area (Å²) in [5.41, 5.74) is 1.03. The zero-order valence-electron chi connectivity index (χ0n) is 12.3. The molecule has 19 heavy (non-hydrogen) atoms. The highest BCUT2D eigenvalue weighted by Gasteiger charge is 2.12. The second-order valence-electron chi connectivity index (χ2n) is 4.99. The Balaban J connectivity index is 2.55. The highest BCUT2D eigenvalue weighted by molar-refractivity contribution is 6.33. The zero-order valence-corrected chi connectivity index (χ0v) is 13.0. The van der Waals surface area contributed by atoms with Gasteiger partial charge in [0.2, 0.25) is 0 Å². The number of nitrogens with one attached hydrogen (secondary N) is 1. The summed E-state index contributed by atoms with van der Waals surface area (Å²) in [6, 6.07) is 3.86. The van der Waals surface area contributed by atoms with E-state index in [9.17, 15) is 0 Å². The molecule has 0 amide bonds. The second kappa shape index (κ2) is 8.28. The minimum atomic E-state index is 0.602. The molecule has 0 fully saturated rings. The molecule has 0 atom stereocenters. The van der Waals surface area contributed by atoms with Crippen LogP contribution in [0.3, 0.4) is 0 Å². The van der Waals surface area contributed by atoms with Crippen LogP contribution in [0.25, 0.3) is 0 Å². The van der Waals surface area contributed by atoms with Crippen LogP contribution < -0.4 is 14.8 Å². The van der Waals surface area contributed by atoms with Crippen molar-refractivity contribution in [3.63, 3.8) is 0 Å². The summed E-state index contributed by atoms with van der Waals surface area (Å²) in [5, 5.41) is 4.03. The maximum atomic E-state index is 6.31. The number of benzene rings is 1. The molecular formula is C15H24ClNO2. The van der Waals surface area contributed by atoms with Gasteiger partial charge in [0.1, 0.15) is 0 Å². The summed E-state index contributed by atoms with van der Waals surface area (Å²) in [4.78, 5) is 0. The molecular weight excluding hydrogens is 262 g/mol. The zero-order chi connectivity index (χ0) is 14.3. The van der Waals surface area contributed by atoms with E-state index in [2.05, 4.69) is 19.2 Å². The van der Waals surface area contributed by atoms with E-state index in [1.54, 1.807) is 14.2 Å². The third-order valence-electron chi connectivity index (χ3n) is 3.02. The predicted molar refractivity (Wildman–Crippen MR) is 80.3 cm³/mol. The molecule has 0 aliphatic heterocycles. The molecule has 0 saturated carbocycles. The topological polar surface area (TPSA) is 30.5 Å². The van der Waals surface area contributed by atoms with Gasteiger partial charge in [-0.2, -0.15) is 0 Å². The van der Waals surface area contributed by atoms with E-state index in [1.165, 1.54) is 12.8 Å². The van der Waals surface area contributed by atoms with E-state index in [1.807, 2.05) is 12.1 Å². The lowest BCUT2D eigenvalue weighted by Crippen LogP contribution is -2.15. The highest BCUT2D eigenvalue weighted by atomic mass is 35.5. The second-order valence-corrected chi connectivity index (χ2v) is 5.36. The molecule has 0 aromatic heterocycles. The number of hydrogen-bond donors (Lipinski definition) is 1. The average Bonchev–Trinajstić information content (AvgIpc) is 2.39. The van der Waals surface area contributed by atoms with Crippen molar-refractivity contribution in [3.8, 4) is 11.5 Å². The van der Waals surface area contributed by atoms with Gasteiger partial charge in [0, 0.05) is 6.54 Å². The first-order valence-electron chi connectivity index (χ1n) is 6.70. The van der Waals surface area contributed by atoms with Crippen molar-refractivity contribution < 1.29 is 9.47 Å². The Kier molecular flexibility index (Phi) is 7.03. The minimum absolute atomic E-state index is 0.602. The van der Waals surface area contributed by atoms with Gasteiger partial charge in [-0.25, -0.2) is 0 Å². The van der Waals surface area contributed by atoms with Gasteiger partial charge in [0.05, 0.1) is 19.2 Å². The molecule has 108 valence electrons. The van der Waals surface area contributed by atoms with Crippen molar-refractivity contribution in [2.75, 3.05) is 20.8 Å². The van der Waals surface area contributed by atoms with E-state index in [0.717, 1.165) is 24.6 Å². The summed E-state index contributed by atoms with van der Waals surface area (Å²) in [6.45, 7) is 6.23. The predicted octanol–water partition coefficient (Wildman–Crippen LogP) is 3.88. The van der Waals surface area contributed by atoms with E-state index < -0.39 is 0 Å². The fourth-order valence-corrected chi connectivity index (χ4v) is 2.23. The fourth-order valence-electron chi connectivity index (χ4n) is 1.92. The van der Waals surface area contributed by atoms with Gasteiger partial charge in [-0.15, -0.1) is 0 Å². The first kappa shape index (κ1) is 16.1. The third-order valence-corrected chi connectivity index (χ3v) is 3.43. The van der Waals surface area contributed by atoms with Gasteiger partial charge in [-0.1, -0.05) is 31.5 Å². The number of hydrogen-bond acceptors (Lipinski definition) is 3. The molecule has 0 unspecified atom stereocenters. The van der Waals surface area contributed by atoms with E-state index in [-0.39, 0.29) is 0 Å². The van der Waals surface area contributed by atoms with E-state index >= 15 is 0 Å². The molecule has 0 radical (unpaired) electrons. The first-order chi connectivity index (χ1) is 9.10. The molecule has 1 rings (SSSR count). The molecule has 1 N–H and O–H groups in total. The maximum Gasteiger partial charge on any atom is 0.179 e. The van der Waals surface area contributed by atoms with Crippen LogP contribution in [0.5, 0.6) is 11.5 Å². The smallest absolute Gasteiger partial charge is 0.179 e. The van der Waals surface area contributed by atoms with Crippen molar-refractivity contribution in [1.29, 1.82) is 0 Å². The maximum absolute atomic E-state index is 6.31. The molecule has 4 heteroatoms. The largest absolute Gasteiger partial charge is 0.493 e. The highest BCUT2D eigenvalue weighted by Crippen LogP contribution is 2.37. The van der Waals surface area contributed by atoms with Gasteiger partial charge in [0.15, 0.2) is 11.5 Å². The lowest BCUT2D eigenvalue weighted by atomic mass is 10.1. The summed E-state index contributed by atoms with van der Waals surface area (Å²) >= 11 is 6.31. The Labute approximate surface area is 121 Å². The molecule has 0 bridgehead atoms. The number of methoxy groups -OCH3 is 2. The summed E-state index contributed by atoms with van der Waals surface area (Å²) in [7, 11) is 3.21. The molecule has 0 saturated heterocycles. The molecule has 1 aromatic rings. The van der Waals surface area contributed by atoms with E-state index in [0.29, 0.717) is 16.5 Å². The molecule has 3 nitrogen and oxygen atoms in total. The van der Waals surface area contributed by atoms with E-state index in [4.69, 9.17) is 21.1 Å². The summed E-state index contributed by atoms with van der Waals surface area (Å²) in [5.74, 6) is 2.02. The minimum Gasteiger partial charge on any atom is -0.493 e. The normalized spacial score (nSPS) is 10.8. The van der Waals surface area contributed by atoms with Gasteiger partial charge >= 0.3 is 0 Å². The Hall–Kier alpha value is -0.930. The Morgan fingerprint density at radius 2 is 1.95 bits per heavy atom. The number of ether oxygens (including phenoxy) is 2. The van der Waals surface area contributed by atoms with Gasteiger partial charge < -0.3 is 14.8 Å². The lowest BCUT2D eigenvalue weighted by molar-refractivity contribution is 0.354. The van der Waals surface area contributed by atoms with Crippen molar-refractivity contribution in [2.45, 2.75) is 33.2 Å². The number of rotatable bonds is 8. The Morgan fingerprint density at radius 1 is 1.21 bits per heavy atom. The summed E-state index contributed by atoms with van der Waals surface area (Å²) in [6.07, 6.45) is 2.43. The van der Waals surface area contributed by atoms with Crippen molar-refractivity contribution in [3.05, 3.63) is 22.7 Å². The van der Waals surface area contributed by atoms with Crippen LogP contribution in [0.4, 0.5) is 0 Å². The fraction of sp³-hybridized carbons (Fsp3) is 0.600. The van der Waals surface area contributed by atoms with Crippen LogP contribution in [-0.4, -0.2) is 20.8 Å². The van der Waals surface area contributed by atoms with Crippen molar-refractivity contribution >= 4 is 11.6 Å². The Morgan fingerprint density at radius 3 is 2.53 bits per heavy atom. The van der Waals surface area contributed by atoms with Gasteiger partial charge in [-0.05, 0) is 36.9 Å². The standard InChI is InChI=1S/C15H24ClNO2/c1-11(2)6-5-9-17-10-12-7-8-13(18-3)15(19-4)14(12)16/h7-8,11,17H,5-6,9-10H2,1-4H3.